The molecule has 206 valence electrons. The van der Waals surface area contributed by atoms with Crippen molar-refractivity contribution in [1.29, 1.82) is 0 Å². The van der Waals surface area contributed by atoms with Gasteiger partial charge in [0, 0.05) is 11.7 Å². The first-order valence-corrected chi connectivity index (χ1v) is 14.3. The number of ether oxygens (including phenoxy) is 2. The van der Waals surface area contributed by atoms with Gasteiger partial charge in [-0.05, 0) is 108 Å². The standard InChI is InChI=1S/C38H32N2O2/c1-40-29-16-24-33(25-17-29)42-31-20-12-27(13-21-31)38(36-8-4-2-6-34(36)35-7-3-5-9-37(35)38)26-10-18-30(19-11-26)41-32-22-14-28(39)15-23-32/h2-16,18-25,29,40H,17,39H2,1H3. The SMILES string of the molecule is CNC1C=CC(Oc2ccc(C3(c4ccc(Oc5ccc(N)cc5)cc4)c4ccccc4-c4ccccc43)cc2)=CC1. The Morgan fingerprint density at radius 1 is 0.643 bits per heavy atom. The molecule has 4 nitrogen and oxygen atoms in total. The lowest BCUT2D eigenvalue weighted by atomic mass is 9.68. The molecule has 0 bridgehead atoms. The van der Waals surface area contributed by atoms with Crippen molar-refractivity contribution < 1.29 is 9.47 Å². The molecule has 0 spiro atoms. The quantitative estimate of drug-likeness (QED) is 0.197. The van der Waals surface area contributed by atoms with Crippen LogP contribution in [0.5, 0.6) is 17.2 Å². The van der Waals surface area contributed by atoms with Gasteiger partial charge in [-0.2, -0.15) is 0 Å². The first-order valence-electron chi connectivity index (χ1n) is 14.3. The minimum Gasteiger partial charge on any atom is -0.458 e. The molecular formula is C38H32N2O2. The van der Waals surface area contributed by atoms with E-state index >= 15 is 0 Å². The minimum absolute atomic E-state index is 0.352. The summed E-state index contributed by atoms with van der Waals surface area (Å²) >= 11 is 0. The van der Waals surface area contributed by atoms with Gasteiger partial charge >= 0.3 is 0 Å². The molecule has 0 aliphatic heterocycles. The Balaban J connectivity index is 1.30. The van der Waals surface area contributed by atoms with Crippen LogP contribution in [0.25, 0.3) is 11.1 Å². The number of anilines is 1. The molecule has 0 amide bonds. The van der Waals surface area contributed by atoms with Crippen molar-refractivity contribution in [3.8, 4) is 28.4 Å². The Labute approximate surface area is 246 Å². The Morgan fingerprint density at radius 2 is 1.14 bits per heavy atom. The average molecular weight is 549 g/mol. The Morgan fingerprint density at radius 3 is 1.64 bits per heavy atom. The van der Waals surface area contributed by atoms with E-state index < -0.39 is 5.41 Å². The molecule has 0 saturated carbocycles. The van der Waals surface area contributed by atoms with Crippen LogP contribution in [-0.4, -0.2) is 13.1 Å². The van der Waals surface area contributed by atoms with E-state index in [9.17, 15) is 0 Å². The maximum absolute atomic E-state index is 6.25. The predicted molar refractivity (Wildman–Crippen MR) is 170 cm³/mol. The topological polar surface area (TPSA) is 56.5 Å². The second kappa shape index (κ2) is 10.7. The van der Waals surface area contributed by atoms with Crippen LogP contribution < -0.4 is 20.5 Å². The summed E-state index contributed by atoms with van der Waals surface area (Å²) in [7, 11) is 1.98. The highest BCUT2D eigenvalue weighted by atomic mass is 16.5. The van der Waals surface area contributed by atoms with Crippen molar-refractivity contribution in [2.75, 3.05) is 12.8 Å². The highest BCUT2D eigenvalue weighted by molar-refractivity contribution is 5.86. The van der Waals surface area contributed by atoms with Gasteiger partial charge in [-0.1, -0.05) is 78.9 Å². The molecule has 0 heterocycles. The first-order chi connectivity index (χ1) is 20.6. The maximum atomic E-state index is 6.25. The van der Waals surface area contributed by atoms with E-state index in [0.29, 0.717) is 11.7 Å². The van der Waals surface area contributed by atoms with Crippen LogP contribution >= 0.6 is 0 Å². The van der Waals surface area contributed by atoms with Crippen molar-refractivity contribution in [3.63, 3.8) is 0 Å². The Bertz CT molecular complexity index is 1740. The lowest BCUT2D eigenvalue weighted by molar-refractivity contribution is 0.435. The van der Waals surface area contributed by atoms with Crippen molar-refractivity contribution >= 4 is 5.69 Å². The van der Waals surface area contributed by atoms with E-state index in [1.807, 2.05) is 37.4 Å². The van der Waals surface area contributed by atoms with E-state index in [1.165, 1.54) is 33.4 Å². The summed E-state index contributed by atoms with van der Waals surface area (Å²) in [4.78, 5) is 0. The average Bonchev–Trinajstić information content (AvgIpc) is 3.34. The summed E-state index contributed by atoms with van der Waals surface area (Å²) in [6.45, 7) is 0. The molecule has 0 radical (unpaired) electrons. The molecule has 7 rings (SSSR count). The number of nitrogen functional groups attached to an aromatic ring is 1. The van der Waals surface area contributed by atoms with Crippen LogP contribution in [-0.2, 0) is 5.41 Å². The molecule has 2 aliphatic carbocycles. The van der Waals surface area contributed by atoms with Crippen LogP contribution in [0.3, 0.4) is 0 Å². The summed E-state index contributed by atoms with van der Waals surface area (Å²) in [5, 5.41) is 3.28. The highest BCUT2D eigenvalue weighted by Gasteiger charge is 2.45. The van der Waals surface area contributed by atoms with Crippen molar-refractivity contribution in [2.45, 2.75) is 17.9 Å². The lowest BCUT2D eigenvalue weighted by Crippen LogP contribution is -2.28. The molecule has 5 aromatic rings. The molecule has 4 heteroatoms. The summed E-state index contributed by atoms with van der Waals surface area (Å²) in [5.41, 5.74) is 13.5. The summed E-state index contributed by atoms with van der Waals surface area (Å²) in [6.07, 6.45) is 7.23. The van der Waals surface area contributed by atoms with Crippen molar-refractivity contribution in [2.24, 2.45) is 0 Å². The summed E-state index contributed by atoms with van der Waals surface area (Å²) < 4.78 is 12.4. The highest BCUT2D eigenvalue weighted by Crippen LogP contribution is 2.56. The zero-order valence-electron chi connectivity index (χ0n) is 23.5. The zero-order valence-corrected chi connectivity index (χ0v) is 23.5. The maximum Gasteiger partial charge on any atom is 0.127 e. The van der Waals surface area contributed by atoms with Crippen LogP contribution in [0.2, 0.25) is 0 Å². The van der Waals surface area contributed by atoms with E-state index in [0.717, 1.165) is 29.4 Å². The normalized spacial score (nSPS) is 16.3. The van der Waals surface area contributed by atoms with Gasteiger partial charge < -0.3 is 20.5 Å². The monoisotopic (exact) mass is 548 g/mol. The molecule has 1 unspecified atom stereocenters. The number of nitrogens with one attached hydrogen (secondary N) is 1. The molecule has 3 N–H and O–H groups in total. The van der Waals surface area contributed by atoms with Crippen LogP contribution in [0.1, 0.15) is 28.7 Å². The van der Waals surface area contributed by atoms with Gasteiger partial charge in [-0.25, -0.2) is 0 Å². The molecule has 42 heavy (non-hydrogen) atoms. The Hall–Kier alpha value is -5.06. The fourth-order valence-corrected chi connectivity index (χ4v) is 6.27. The fourth-order valence-electron chi connectivity index (χ4n) is 6.27. The number of fused-ring (bicyclic) bond motifs is 3. The van der Waals surface area contributed by atoms with Crippen LogP contribution in [0.15, 0.2) is 145 Å². The molecule has 1 atom stereocenters. The van der Waals surface area contributed by atoms with E-state index in [-0.39, 0.29) is 0 Å². The molecule has 0 saturated heterocycles. The van der Waals surface area contributed by atoms with Gasteiger partial charge in [-0.3, -0.25) is 0 Å². The zero-order chi connectivity index (χ0) is 28.5. The third kappa shape index (κ3) is 4.47. The molecule has 2 aliphatic rings. The van der Waals surface area contributed by atoms with E-state index in [4.69, 9.17) is 15.2 Å². The number of hydrogen-bond donors (Lipinski definition) is 2. The van der Waals surface area contributed by atoms with E-state index in [2.05, 4.69) is 115 Å². The van der Waals surface area contributed by atoms with Gasteiger partial charge in [0.1, 0.15) is 23.0 Å². The van der Waals surface area contributed by atoms with Crippen LogP contribution in [0.4, 0.5) is 5.69 Å². The van der Waals surface area contributed by atoms with Crippen molar-refractivity contribution in [1.82, 2.24) is 5.32 Å². The van der Waals surface area contributed by atoms with Crippen molar-refractivity contribution in [3.05, 3.63) is 168 Å². The Kier molecular flexibility index (Phi) is 6.61. The first kappa shape index (κ1) is 25.9. The lowest BCUT2D eigenvalue weighted by Gasteiger charge is -2.34. The van der Waals surface area contributed by atoms with Gasteiger partial charge in [0.05, 0.1) is 5.41 Å². The molecule has 0 fully saturated rings. The van der Waals surface area contributed by atoms with E-state index in [1.54, 1.807) is 0 Å². The second-order valence-corrected chi connectivity index (χ2v) is 10.8. The molecular weight excluding hydrogens is 516 g/mol. The van der Waals surface area contributed by atoms with Gasteiger partial charge in [0.2, 0.25) is 0 Å². The third-order valence-corrected chi connectivity index (χ3v) is 8.32. The predicted octanol–water partition coefficient (Wildman–Crippen LogP) is 8.23. The smallest absolute Gasteiger partial charge is 0.127 e. The van der Waals surface area contributed by atoms with Gasteiger partial charge in [-0.15, -0.1) is 0 Å². The molecule has 5 aromatic carbocycles. The minimum atomic E-state index is -0.491. The van der Waals surface area contributed by atoms with Crippen LogP contribution in [0, 0.1) is 0 Å². The third-order valence-electron chi connectivity index (χ3n) is 8.32. The number of nitrogens with two attached hydrogens (primary N) is 1. The largest absolute Gasteiger partial charge is 0.458 e. The summed E-state index contributed by atoms with van der Waals surface area (Å²) in [6, 6.07) is 42.3. The number of likely N-dealkylation sites (N-methyl/N-ethyl adjacent to an activating group) is 1. The van der Waals surface area contributed by atoms with Gasteiger partial charge in [0.25, 0.3) is 0 Å². The second-order valence-electron chi connectivity index (χ2n) is 10.8. The van der Waals surface area contributed by atoms with Gasteiger partial charge in [0.15, 0.2) is 0 Å². The number of hydrogen-bond acceptors (Lipinski definition) is 4. The number of allylic oxidation sites excluding steroid dienone is 1. The number of benzene rings is 5. The molecule has 0 aromatic heterocycles. The number of rotatable bonds is 7. The summed E-state index contributed by atoms with van der Waals surface area (Å²) in [5.74, 6) is 3.22. The fraction of sp³-hybridized carbons (Fsp3) is 0.105.